The van der Waals surface area contributed by atoms with E-state index in [1.54, 1.807) is 7.11 Å². The molecule has 0 spiro atoms. The lowest BCUT2D eigenvalue weighted by Crippen LogP contribution is -2.38. The number of rotatable bonds is 2. The van der Waals surface area contributed by atoms with Crippen molar-refractivity contribution in [2.45, 2.75) is 90.1 Å². The Hall–Kier alpha value is -0.730. The summed E-state index contributed by atoms with van der Waals surface area (Å²) in [6.45, 7) is 4.00. The largest absolute Gasteiger partial charge is 0.469 e. The van der Waals surface area contributed by atoms with Gasteiger partial charge in [0.15, 0.2) is 0 Å². The van der Waals surface area contributed by atoms with Gasteiger partial charge in [-0.05, 0) is 25.7 Å². The number of hydrogen-bond donors (Lipinski definition) is 1. The molecule has 2 aliphatic carbocycles. The van der Waals surface area contributed by atoms with E-state index < -0.39 is 0 Å². The summed E-state index contributed by atoms with van der Waals surface area (Å²) in [7, 11) is 1.73. The molecule has 0 radical (unpaired) electrons. The van der Waals surface area contributed by atoms with Gasteiger partial charge >= 0.3 is 0 Å². The number of nitrogens with one attached hydrogen (secondary N) is 1. The number of aliphatic imine (C=N–C) groups is 1. The summed E-state index contributed by atoms with van der Waals surface area (Å²) in [5.41, 5.74) is 0. The predicted octanol–water partition coefficient (Wildman–Crippen LogP) is 4.27. The Bertz CT molecular complexity index is 241. The molecule has 2 fully saturated rings. The van der Waals surface area contributed by atoms with E-state index in [-0.39, 0.29) is 0 Å². The highest BCUT2D eigenvalue weighted by Crippen LogP contribution is 2.21. The third-order valence-electron chi connectivity index (χ3n) is 4.00. The topological polar surface area (TPSA) is 33.6 Å². The normalized spacial score (nSPS) is 22.4. The third-order valence-corrected chi connectivity index (χ3v) is 4.00. The molecule has 0 aromatic rings. The van der Waals surface area contributed by atoms with Crippen molar-refractivity contribution in [3.8, 4) is 0 Å². The number of nitrogens with zero attached hydrogens (tertiary/aromatic N) is 1. The first-order chi connectivity index (χ1) is 9.38. The van der Waals surface area contributed by atoms with E-state index in [2.05, 4.69) is 5.32 Å². The van der Waals surface area contributed by atoms with E-state index in [0.717, 1.165) is 6.02 Å². The predicted molar refractivity (Wildman–Crippen MR) is 82.7 cm³/mol. The van der Waals surface area contributed by atoms with E-state index in [1.807, 2.05) is 13.8 Å². The average Bonchev–Trinajstić information content (AvgIpc) is 2.51. The Balaban J connectivity index is 0.000000861. The average molecular weight is 268 g/mol. The van der Waals surface area contributed by atoms with Crippen LogP contribution in [-0.4, -0.2) is 25.2 Å². The van der Waals surface area contributed by atoms with Crippen LogP contribution in [0.25, 0.3) is 0 Å². The fourth-order valence-electron chi connectivity index (χ4n) is 2.95. The van der Waals surface area contributed by atoms with Gasteiger partial charge in [0.1, 0.15) is 0 Å². The van der Waals surface area contributed by atoms with Crippen molar-refractivity contribution in [2.24, 2.45) is 4.99 Å². The summed E-state index contributed by atoms with van der Waals surface area (Å²) in [6.07, 6.45) is 13.1. The molecule has 0 atom stereocenters. The minimum Gasteiger partial charge on any atom is -0.469 e. The molecule has 0 unspecified atom stereocenters. The number of methoxy groups -OCH3 is 1. The van der Waals surface area contributed by atoms with Crippen molar-refractivity contribution in [2.75, 3.05) is 7.11 Å². The van der Waals surface area contributed by atoms with Gasteiger partial charge in [-0.25, -0.2) is 4.99 Å². The monoisotopic (exact) mass is 268 g/mol. The Morgan fingerprint density at radius 2 is 1.42 bits per heavy atom. The first-order valence-corrected chi connectivity index (χ1v) is 8.27. The Labute approximate surface area is 119 Å². The van der Waals surface area contributed by atoms with Gasteiger partial charge in [-0.2, -0.15) is 0 Å². The molecule has 2 saturated carbocycles. The van der Waals surface area contributed by atoms with Gasteiger partial charge in [0.25, 0.3) is 6.02 Å². The molecule has 0 amide bonds. The highest BCUT2D eigenvalue weighted by molar-refractivity contribution is 5.74. The molecule has 19 heavy (non-hydrogen) atoms. The second-order valence-electron chi connectivity index (χ2n) is 5.41. The maximum atomic E-state index is 5.39. The summed E-state index contributed by atoms with van der Waals surface area (Å²) in [5.74, 6) is 0. The molecule has 0 heterocycles. The van der Waals surface area contributed by atoms with E-state index in [4.69, 9.17) is 9.73 Å². The molecule has 3 nitrogen and oxygen atoms in total. The number of amidine groups is 1. The smallest absolute Gasteiger partial charge is 0.284 e. The molecule has 0 aliphatic heterocycles. The van der Waals surface area contributed by atoms with Gasteiger partial charge in [0.05, 0.1) is 13.2 Å². The van der Waals surface area contributed by atoms with Crippen molar-refractivity contribution >= 4 is 6.02 Å². The van der Waals surface area contributed by atoms with Crippen LogP contribution in [0, 0.1) is 0 Å². The number of ether oxygens (including phenoxy) is 1. The maximum Gasteiger partial charge on any atom is 0.284 e. The van der Waals surface area contributed by atoms with E-state index >= 15 is 0 Å². The van der Waals surface area contributed by atoms with Crippen molar-refractivity contribution in [1.29, 1.82) is 0 Å². The second kappa shape index (κ2) is 10.1. The van der Waals surface area contributed by atoms with Crippen molar-refractivity contribution in [3.05, 3.63) is 0 Å². The summed E-state index contributed by atoms with van der Waals surface area (Å²) < 4.78 is 5.39. The lowest BCUT2D eigenvalue weighted by atomic mass is 9.95. The van der Waals surface area contributed by atoms with Gasteiger partial charge in [-0.3, -0.25) is 0 Å². The molecule has 2 aliphatic rings. The van der Waals surface area contributed by atoms with E-state index in [1.165, 1.54) is 64.2 Å². The second-order valence-corrected chi connectivity index (χ2v) is 5.41. The van der Waals surface area contributed by atoms with E-state index in [9.17, 15) is 0 Å². The molecule has 112 valence electrons. The van der Waals surface area contributed by atoms with Crippen LogP contribution in [0.4, 0.5) is 0 Å². The van der Waals surface area contributed by atoms with Crippen LogP contribution in [-0.2, 0) is 4.74 Å². The minimum absolute atomic E-state index is 0.495. The van der Waals surface area contributed by atoms with Gasteiger partial charge in [0.2, 0.25) is 0 Å². The molecule has 0 saturated heterocycles. The van der Waals surface area contributed by atoms with Crippen molar-refractivity contribution in [1.82, 2.24) is 5.32 Å². The zero-order valence-electron chi connectivity index (χ0n) is 13.1. The molecule has 1 N–H and O–H groups in total. The summed E-state index contributed by atoms with van der Waals surface area (Å²) in [6, 6.07) is 1.87. The highest BCUT2D eigenvalue weighted by atomic mass is 16.5. The molecular weight excluding hydrogens is 236 g/mol. The first-order valence-electron chi connectivity index (χ1n) is 8.27. The lowest BCUT2D eigenvalue weighted by Gasteiger charge is -2.25. The third kappa shape index (κ3) is 6.31. The molecule has 0 aromatic carbocycles. The lowest BCUT2D eigenvalue weighted by molar-refractivity contribution is 0.331. The molecule has 2 rings (SSSR count). The van der Waals surface area contributed by atoms with Crippen LogP contribution in [0.15, 0.2) is 4.99 Å². The highest BCUT2D eigenvalue weighted by Gasteiger charge is 2.17. The maximum absolute atomic E-state index is 5.39. The van der Waals surface area contributed by atoms with Crippen LogP contribution in [0.1, 0.15) is 78.1 Å². The van der Waals surface area contributed by atoms with Crippen molar-refractivity contribution in [3.63, 3.8) is 0 Å². The van der Waals surface area contributed by atoms with Crippen molar-refractivity contribution < 1.29 is 4.74 Å². The summed E-state index contributed by atoms with van der Waals surface area (Å²) >= 11 is 0. The molecule has 0 bridgehead atoms. The van der Waals surface area contributed by atoms with Crippen LogP contribution in [0.3, 0.4) is 0 Å². The zero-order chi connectivity index (χ0) is 13.9. The fraction of sp³-hybridized carbons (Fsp3) is 0.938. The van der Waals surface area contributed by atoms with Crippen LogP contribution in [0.2, 0.25) is 0 Å². The summed E-state index contributed by atoms with van der Waals surface area (Å²) in [5, 5.41) is 3.48. The van der Waals surface area contributed by atoms with Gasteiger partial charge < -0.3 is 10.1 Å². The Morgan fingerprint density at radius 1 is 0.895 bits per heavy atom. The zero-order valence-corrected chi connectivity index (χ0v) is 13.1. The summed E-state index contributed by atoms with van der Waals surface area (Å²) in [4.78, 5) is 4.73. The van der Waals surface area contributed by atoms with Gasteiger partial charge in [-0.15, -0.1) is 0 Å². The Kier molecular flexibility index (Phi) is 8.68. The van der Waals surface area contributed by atoms with Crippen LogP contribution in [0.5, 0.6) is 0 Å². The van der Waals surface area contributed by atoms with Crippen LogP contribution < -0.4 is 5.32 Å². The fourth-order valence-corrected chi connectivity index (χ4v) is 2.95. The SMILES string of the molecule is CC.COC(=NC1CCCCC1)NC1CCCCC1. The molecule has 3 heteroatoms. The first kappa shape index (κ1) is 16.3. The standard InChI is InChI=1S/C14H26N2O.C2H6/c1-17-14(15-12-8-4-2-5-9-12)16-13-10-6-3-7-11-13;1-2/h12-13H,2-11H2,1H3,(H,15,16);1-2H3. The van der Waals surface area contributed by atoms with E-state index in [0.29, 0.717) is 12.1 Å². The van der Waals surface area contributed by atoms with Gasteiger partial charge in [-0.1, -0.05) is 52.4 Å². The number of hydrogen-bond acceptors (Lipinski definition) is 2. The molecule has 0 aromatic heterocycles. The Morgan fingerprint density at radius 3 is 1.95 bits per heavy atom. The van der Waals surface area contributed by atoms with Crippen LogP contribution >= 0.6 is 0 Å². The minimum atomic E-state index is 0.495. The van der Waals surface area contributed by atoms with Gasteiger partial charge in [0, 0.05) is 6.04 Å². The quantitative estimate of drug-likeness (QED) is 0.599. The molecular formula is C16H32N2O.